The Bertz CT molecular complexity index is 139. The summed E-state index contributed by atoms with van der Waals surface area (Å²) in [4.78, 5) is 2.50. The summed E-state index contributed by atoms with van der Waals surface area (Å²) < 4.78 is 5.06. The van der Waals surface area contributed by atoms with Gasteiger partial charge in [-0.3, -0.25) is 4.90 Å². The molecule has 0 amide bonds. The number of nitrogens with one attached hydrogen (secondary N) is 1. The Kier molecular flexibility index (Phi) is 2.63. The molecule has 0 spiro atoms. The molecule has 2 saturated heterocycles. The summed E-state index contributed by atoms with van der Waals surface area (Å²) in [6, 6.07) is 0.779. The van der Waals surface area contributed by atoms with Crippen LogP contribution in [0, 0.1) is 5.92 Å². The minimum absolute atomic E-state index is 0.779. The number of fused-ring (bicyclic) bond motifs is 1. The highest BCUT2D eigenvalue weighted by Gasteiger charge is 2.35. The number of methoxy groups -OCH3 is 1. The second-order valence-electron chi connectivity index (χ2n) is 3.86. The van der Waals surface area contributed by atoms with E-state index in [2.05, 4.69) is 10.2 Å². The molecule has 70 valence electrons. The van der Waals surface area contributed by atoms with Gasteiger partial charge in [-0.05, 0) is 18.9 Å². The fourth-order valence-corrected chi connectivity index (χ4v) is 2.34. The highest BCUT2D eigenvalue weighted by molar-refractivity contribution is 4.93. The number of rotatable bonds is 3. The van der Waals surface area contributed by atoms with E-state index in [0.29, 0.717) is 0 Å². The zero-order valence-corrected chi connectivity index (χ0v) is 7.75. The smallest absolute Gasteiger partial charge is 0.0589 e. The van der Waals surface area contributed by atoms with Gasteiger partial charge in [0.25, 0.3) is 0 Å². The third-order valence-corrected chi connectivity index (χ3v) is 3.05. The lowest BCUT2D eigenvalue weighted by Crippen LogP contribution is -2.31. The van der Waals surface area contributed by atoms with Crippen molar-refractivity contribution in [2.24, 2.45) is 5.92 Å². The van der Waals surface area contributed by atoms with Gasteiger partial charge >= 0.3 is 0 Å². The van der Waals surface area contributed by atoms with Crippen LogP contribution in [0.25, 0.3) is 0 Å². The van der Waals surface area contributed by atoms with Crippen LogP contribution in [0.5, 0.6) is 0 Å². The summed E-state index contributed by atoms with van der Waals surface area (Å²) in [5, 5.41) is 3.54. The summed E-state index contributed by atoms with van der Waals surface area (Å²) >= 11 is 0. The van der Waals surface area contributed by atoms with Gasteiger partial charge < -0.3 is 10.1 Å². The maximum Gasteiger partial charge on any atom is 0.0589 e. The van der Waals surface area contributed by atoms with E-state index >= 15 is 0 Å². The molecule has 0 aromatic heterocycles. The van der Waals surface area contributed by atoms with E-state index in [1.54, 1.807) is 7.11 Å². The maximum absolute atomic E-state index is 5.06. The number of hydrogen-bond donors (Lipinski definition) is 1. The molecule has 2 aliphatic rings. The van der Waals surface area contributed by atoms with Gasteiger partial charge in [-0.2, -0.15) is 0 Å². The average molecular weight is 170 g/mol. The lowest BCUT2D eigenvalue weighted by atomic mass is 10.1. The normalized spacial score (nSPS) is 35.8. The molecular formula is C9H18N2O. The zero-order chi connectivity index (χ0) is 8.39. The third-order valence-electron chi connectivity index (χ3n) is 3.05. The molecule has 0 radical (unpaired) electrons. The van der Waals surface area contributed by atoms with Gasteiger partial charge in [-0.15, -0.1) is 0 Å². The maximum atomic E-state index is 5.06. The predicted octanol–water partition coefficient (Wildman–Crippen LogP) is -0.0735. The summed E-state index contributed by atoms with van der Waals surface area (Å²) in [5.41, 5.74) is 0. The summed E-state index contributed by atoms with van der Waals surface area (Å²) in [5.74, 6) is 0.918. The lowest BCUT2D eigenvalue weighted by Gasteiger charge is -2.15. The molecule has 0 aromatic carbocycles. The third kappa shape index (κ3) is 1.63. The van der Waals surface area contributed by atoms with Crippen molar-refractivity contribution in [3.05, 3.63) is 0 Å². The largest absolute Gasteiger partial charge is 0.383 e. The monoisotopic (exact) mass is 170 g/mol. The number of nitrogens with zero attached hydrogens (tertiary/aromatic N) is 1. The molecule has 3 nitrogen and oxygen atoms in total. The Morgan fingerprint density at radius 3 is 3.17 bits per heavy atom. The van der Waals surface area contributed by atoms with Gasteiger partial charge in [-0.1, -0.05) is 0 Å². The molecule has 2 fully saturated rings. The molecule has 0 aromatic rings. The first-order chi connectivity index (χ1) is 5.90. The van der Waals surface area contributed by atoms with Gasteiger partial charge in [0.2, 0.25) is 0 Å². The molecule has 2 aliphatic heterocycles. The van der Waals surface area contributed by atoms with Crippen LogP contribution in [0.4, 0.5) is 0 Å². The highest BCUT2D eigenvalue weighted by atomic mass is 16.5. The molecule has 3 heteroatoms. The standard InChI is InChI=1S/C9H18N2O/c1-12-5-4-11-6-8-2-3-10-9(8)7-11/h8-10H,2-7H2,1H3. The molecule has 2 heterocycles. The van der Waals surface area contributed by atoms with Crippen molar-refractivity contribution in [3.63, 3.8) is 0 Å². The Morgan fingerprint density at radius 1 is 1.50 bits per heavy atom. The van der Waals surface area contributed by atoms with Gasteiger partial charge in [0.05, 0.1) is 6.61 Å². The highest BCUT2D eigenvalue weighted by Crippen LogP contribution is 2.23. The molecule has 12 heavy (non-hydrogen) atoms. The van der Waals surface area contributed by atoms with Crippen molar-refractivity contribution in [2.45, 2.75) is 12.5 Å². The van der Waals surface area contributed by atoms with Crippen LogP contribution < -0.4 is 5.32 Å². The van der Waals surface area contributed by atoms with Crippen LogP contribution in [0.2, 0.25) is 0 Å². The van der Waals surface area contributed by atoms with Gasteiger partial charge in [0.15, 0.2) is 0 Å². The van der Waals surface area contributed by atoms with Crippen LogP contribution in [0.1, 0.15) is 6.42 Å². The van der Waals surface area contributed by atoms with E-state index in [4.69, 9.17) is 4.74 Å². The molecular weight excluding hydrogens is 152 g/mol. The van der Waals surface area contributed by atoms with E-state index in [-0.39, 0.29) is 0 Å². The Labute approximate surface area is 74.1 Å². The molecule has 1 N–H and O–H groups in total. The van der Waals surface area contributed by atoms with E-state index in [9.17, 15) is 0 Å². The fourth-order valence-electron chi connectivity index (χ4n) is 2.34. The second kappa shape index (κ2) is 3.73. The molecule has 0 saturated carbocycles. The van der Waals surface area contributed by atoms with E-state index in [1.165, 1.54) is 26.1 Å². The SMILES string of the molecule is COCCN1CC2CCNC2C1. The van der Waals surface area contributed by atoms with Crippen molar-refractivity contribution in [2.75, 3.05) is 39.9 Å². The fraction of sp³-hybridized carbons (Fsp3) is 1.00. The summed E-state index contributed by atoms with van der Waals surface area (Å²) in [6.45, 7) is 5.72. The van der Waals surface area contributed by atoms with Crippen LogP contribution in [-0.2, 0) is 4.74 Å². The molecule has 2 unspecified atom stereocenters. The van der Waals surface area contributed by atoms with Crippen LogP contribution >= 0.6 is 0 Å². The van der Waals surface area contributed by atoms with Crippen molar-refractivity contribution in [1.82, 2.24) is 10.2 Å². The van der Waals surface area contributed by atoms with Crippen molar-refractivity contribution in [3.8, 4) is 0 Å². The van der Waals surface area contributed by atoms with E-state index in [1.807, 2.05) is 0 Å². The number of ether oxygens (including phenoxy) is 1. The van der Waals surface area contributed by atoms with Gasteiger partial charge in [-0.25, -0.2) is 0 Å². The lowest BCUT2D eigenvalue weighted by molar-refractivity contribution is 0.157. The minimum Gasteiger partial charge on any atom is -0.383 e. The topological polar surface area (TPSA) is 24.5 Å². The summed E-state index contributed by atoms with van der Waals surface area (Å²) in [7, 11) is 1.77. The van der Waals surface area contributed by atoms with E-state index < -0.39 is 0 Å². The Hall–Kier alpha value is -0.120. The Balaban J connectivity index is 1.75. The molecule has 2 rings (SSSR count). The number of hydrogen-bond acceptors (Lipinski definition) is 3. The van der Waals surface area contributed by atoms with Crippen molar-refractivity contribution in [1.29, 1.82) is 0 Å². The molecule has 2 atom stereocenters. The van der Waals surface area contributed by atoms with Crippen LogP contribution in [0.15, 0.2) is 0 Å². The second-order valence-corrected chi connectivity index (χ2v) is 3.86. The summed E-state index contributed by atoms with van der Waals surface area (Å²) in [6.07, 6.45) is 1.37. The molecule has 0 aliphatic carbocycles. The minimum atomic E-state index is 0.779. The van der Waals surface area contributed by atoms with Gasteiger partial charge in [0, 0.05) is 32.8 Å². The zero-order valence-electron chi connectivity index (χ0n) is 7.75. The first-order valence-corrected chi connectivity index (χ1v) is 4.85. The first kappa shape index (κ1) is 8.48. The quantitative estimate of drug-likeness (QED) is 0.641. The predicted molar refractivity (Wildman–Crippen MR) is 48.2 cm³/mol. The molecule has 0 bridgehead atoms. The van der Waals surface area contributed by atoms with Crippen molar-refractivity contribution >= 4 is 0 Å². The van der Waals surface area contributed by atoms with E-state index in [0.717, 1.165) is 25.1 Å². The van der Waals surface area contributed by atoms with Crippen LogP contribution in [-0.4, -0.2) is 50.8 Å². The first-order valence-electron chi connectivity index (χ1n) is 4.85. The van der Waals surface area contributed by atoms with Crippen LogP contribution in [0.3, 0.4) is 0 Å². The average Bonchev–Trinajstić information content (AvgIpc) is 2.58. The van der Waals surface area contributed by atoms with Gasteiger partial charge in [0.1, 0.15) is 0 Å². The Morgan fingerprint density at radius 2 is 2.42 bits per heavy atom. The van der Waals surface area contributed by atoms with Crippen molar-refractivity contribution < 1.29 is 4.74 Å². The number of likely N-dealkylation sites (tertiary alicyclic amines) is 1.